The third-order valence-corrected chi connectivity index (χ3v) is 7.22. The van der Waals surface area contributed by atoms with E-state index < -0.39 is 11.4 Å². The van der Waals surface area contributed by atoms with Gasteiger partial charge in [-0.2, -0.15) is 0 Å². The Morgan fingerprint density at radius 1 is 1.06 bits per heavy atom. The molecule has 0 aliphatic carbocycles. The van der Waals surface area contributed by atoms with Gasteiger partial charge in [-0.15, -0.1) is 0 Å². The summed E-state index contributed by atoms with van der Waals surface area (Å²) in [6.45, 7) is 1.73. The van der Waals surface area contributed by atoms with Gasteiger partial charge >= 0.3 is 0 Å². The molecule has 0 aromatic heterocycles. The van der Waals surface area contributed by atoms with Crippen LogP contribution in [0.15, 0.2) is 54.6 Å². The molecule has 7 heteroatoms. The van der Waals surface area contributed by atoms with E-state index in [0.29, 0.717) is 44.7 Å². The number of carbonyl (C=O) groups is 2. The first kappa shape index (κ1) is 21.1. The van der Waals surface area contributed by atoms with E-state index >= 15 is 0 Å². The number of nitrogens with zero attached hydrogens (tertiary/aromatic N) is 2. The van der Waals surface area contributed by atoms with Crippen LogP contribution in [-0.2, 0) is 9.53 Å². The zero-order chi connectivity index (χ0) is 22.3. The van der Waals surface area contributed by atoms with E-state index in [1.54, 1.807) is 11.0 Å². The Kier molecular flexibility index (Phi) is 5.47. The van der Waals surface area contributed by atoms with Crippen molar-refractivity contribution in [1.29, 1.82) is 0 Å². The summed E-state index contributed by atoms with van der Waals surface area (Å²) in [7, 11) is 0. The van der Waals surface area contributed by atoms with E-state index in [4.69, 9.17) is 4.74 Å². The quantitative estimate of drug-likeness (QED) is 0.796. The second-order valence-corrected chi connectivity index (χ2v) is 9.01. The van der Waals surface area contributed by atoms with Crippen molar-refractivity contribution in [1.82, 2.24) is 9.80 Å². The SMILES string of the molecule is O=C(c1cccc(F)c1)N1CC2(C1)[C@H](c1ccccc1)[C@@H](CO)N2C(=O)C1CCOCC1. The molecule has 3 heterocycles. The molecule has 6 nitrogen and oxygen atoms in total. The molecule has 3 saturated heterocycles. The Labute approximate surface area is 186 Å². The smallest absolute Gasteiger partial charge is 0.254 e. The van der Waals surface area contributed by atoms with Gasteiger partial charge in [0.25, 0.3) is 5.91 Å². The van der Waals surface area contributed by atoms with Crippen LogP contribution in [0.5, 0.6) is 0 Å². The van der Waals surface area contributed by atoms with Crippen LogP contribution in [0.4, 0.5) is 4.39 Å². The Bertz CT molecular complexity index is 1000. The average Bonchev–Trinajstić information content (AvgIpc) is 2.79. The molecular weight excluding hydrogens is 411 g/mol. The zero-order valence-corrected chi connectivity index (χ0v) is 17.8. The molecule has 2 aromatic carbocycles. The Morgan fingerprint density at radius 3 is 2.44 bits per heavy atom. The molecule has 3 fully saturated rings. The molecular formula is C25H27FN2O4. The van der Waals surface area contributed by atoms with E-state index in [9.17, 15) is 19.1 Å². The van der Waals surface area contributed by atoms with Gasteiger partial charge in [-0.25, -0.2) is 4.39 Å². The maximum atomic E-state index is 13.6. The van der Waals surface area contributed by atoms with Gasteiger partial charge in [-0.1, -0.05) is 36.4 Å². The number of carbonyl (C=O) groups excluding carboxylic acids is 2. The summed E-state index contributed by atoms with van der Waals surface area (Å²) in [6.07, 6.45) is 1.34. The number of hydrogen-bond donors (Lipinski definition) is 1. The average molecular weight is 438 g/mol. The van der Waals surface area contributed by atoms with Crippen LogP contribution in [0.3, 0.4) is 0 Å². The van der Waals surface area contributed by atoms with Crippen molar-refractivity contribution in [3.05, 3.63) is 71.5 Å². The van der Waals surface area contributed by atoms with Crippen molar-refractivity contribution >= 4 is 11.8 Å². The molecule has 0 saturated carbocycles. The van der Waals surface area contributed by atoms with Gasteiger partial charge in [0.15, 0.2) is 0 Å². The highest BCUT2D eigenvalue weighted by molar-refractivity contribution is 5.95. The molecule has 5 rings (SSSR count). The zero-order valence-electron chi connectivity index (χ0n) is 17.8. The second kappa shape index (κ2) is 8.30. The van der Waals surface area contributed by atoms with Crippen LogP contribution in [0.25, 0.3) is 0 Å². The monoisotopic (exact) mass is 438 g/mol. The highest BCUT2D eigenvalue weighted by Crippen LogP contribution is 2.54. The first-order valence-corrected chi connectivity index (χ1v) is 11.2. The molecule has 0 radical (unpaired) electrons. The van der Waals surface area contributed by atoms with Crippen LogP contribution >= 0.6 is 0 Å². The Balaban J connectivity index is 1.43. The van der Waals surface area contributed by atoms with Crippen molar-refractivity contribution in [3.8, 4) is 0 Å². The molecule has 3 aliphatic heterocycles. The van der Waals surface area contributed by atoms with Gasteiger partial charge in [0.2, 0.25) is 5.91 Å². The van der Waals surface area contributed by atoms with Gasteiger partial charge in [-0.3, -0.25) is 9.59 Å². The second-order valence-electron chi connectivity index (χ2n) is 9.01. The summed E-state index contributed by atoms with van der Waals surface area (Å²) in [6, 6.07) is 15.2. The first-order valence-electron chi connectivity index (χ1n) is 11.2. The standard InChI is InChI=1S/C25H27FN2O4/c26-20-8-4-7-19(13-20)23(30)27-15-25(16-27)22(17-5-2-1-3-6-17)21(14-29)28(25)24(31)18-9-11-32-12-10-18/h1-8,13,18,21-22,29H,9-12,14-16H2/t21-,22-/m1/s1. The molecule has 3 aliphatic rings. The predicted molar refractivity (Wildman–Crippen MR) is 115 cm³/mol. The minimum Gasteiger partial charge on any atom is -0.394 e. The highest BCUT2D eigenvalue weighted by atomic mass is 19.1. The third-order valence-electron chi connectivity index (χ3n) is 7.22. The lowest BCUT2D eigenvalue weighted by molar-refractivity contribution is -0.199. The number of halogens is 1. The number of likely N-dealkylation sites (tertiary alicyclic amines) is 2. The maximum absolute atomic E-state index is 13.6. The summed E-state index contributed by atoms with van der Waals surface area (Å²) in [5.74, 6) is -0.841. The summed E-state index contributed by atoms with van der Waals surface area (Å²) < 4.78 is 19.1. The van der Waals surface area contributed by atoms with Crippen LogP contribution in [0, 0.1) is 11.7 Å². The van der Waals surface area contributed by atoms with Crippen LogP contribution in [0.2, 0.25) is 0 Å². The fourth-order valence-electron chi connectivity index (χ4n) is 5.72. The van der Waals surface area contributed by atoms with Gasteiger partial charge in [0.05, 0.1) is 18.2 Å². The number of aliphatic hydroxyl groups excluding tert-OH is 1. The van der Waals surface area contributed by atoms with Crippen molar-refractivity contribution in [2.45, 2.75) is 30.3 Å². The lowest BCUT2D eigenvalue weighted by Crippen LogP contribution is -2.86. The van der Waals surface area contributed by atoms with E-state index in [1.807, 2.05) is 35.2 Å². The van der Waals surface area contributed by atoms with E-state index in [2.05, 4.69) is 0 Å². The third kappa shape index (κ3) is 3.31. The number of aliphatic hydroxyl groups is 1. The van der Waals surface area contributed by atoms with Gasteiger partial charge in [-0.05, 0) is 36.6 Å². The molecule has 2 atom stereocenters. The van der Waals surface area contributed by atoms with Gasteiger partial charge in [0, 0.05) is 43.7 Å². The summed E-state index contributed by atoms with van der Waals surface area (Å²) >= 11 is 0. The molecule has 1 N–H and O–H groups in total. The van der Waals surface area contributed by atoms with Gasteiger partial charge < -0.3 is 19.6 Å². The van der Waals surface area contributed by atoms with E-state index in [-0.39, 0.29) is 36.3 Å². The Morgan fingerprint density at radius 2 is 1.78 bits per heavy atom. The minimum atomic E-state index is -0.548. The van der Waals surface area contributed by atoms with Crippen LogP contribution < -0.4 is 0 Å². The van der Waals surface area contributed by atoms with Crippen LogP contribution in [-0.4, -0.2) is 71.2 Å². The molecule has 2 amide bonds. The maximum Gasteiger partial charge on any atom is 0.254 e. The molecule has 0 bridgehead atoms. The van der Waals surface area contributed by atoms with E-state index in [0.717, 1.165) is 5.56 Å². The van der Waals surface area contributed by atoms with Crippen molar-refractivity contribution < 1.29 is 23.8 Å². The summed E-state index contributed by atoms with van der Waals surface area (Å²) in [5.41, 5.74) is 0.810. The number of ether oxygens (including phenoxy) is 1. The number of hydrogen-bond acceptors (Lipinski definition) is 4. The van der Waals surface area contributed by atoms with Crippen molar-refractivity contribution in [2.75, 3.05) is 32.9 Å². The minimum absolute atomic E-state index is 0.0392. The molecule has 2 aromatic rings. The number of benzene rings is 2. The normalized spacial score (nSPS) is 24.7. The number of amides is 2. The molecule has 0 unspecified atom stereocenters. The van der Waals surface area contributed by atoms with Crippen molar-refractivity contribution in [2.24, 2.45) is 5.92 Å². The predicted octanol–water partition coefficient (Wildman–Crippen LogP) is 2.43. The molecule has 32 heavy (non-hydrogen) atoms. The summed E-state index contributed by atoms with van der Waals surface area (Å²) in [4.78, 5) is 30.0. The van der Waals surface area contributed by atoms with E-state index in [1.165, 1.54) is 18.2 Å². The fraction of sp³-hybridized carbons (Fsp3) is 0.440. The van der Waals surface area contributed by atoms with Gasteiger partial charge in [0.1, 0.15) is 5.82 Å². The molecule has 1 spiro atoms. The lowest BCUT2D eigenvalue weighted by Gasteiger charge is -2.71. The Hall–Kier alpha value is -2.77. The fourth-order valence-corrected chi connectivity index (χ4v) is 5.72. The molecule has 168 valence electrons. The lowest BCUT2D eigenvalue weighted by atomic mass is 9.60. The largest absolute Gasteiger partial charge is 0.394 e. The summed E-state index contributed by atoms with van der Waals surface area (Å²) in [5, 5.41) is 10.2. The van der Waals surface area contributed by atoms with Crippen LogP contribution in [0.1, 0.15) is 34.7 Å². The topological polar surface area (TPSA) is 70.1 Å². The number of rotatable bonds is 4. The first-order chi connectivity index (χ1) is 15.5. The van der Waals surface area contributed by atoms with Crippen molar-refractivity contribution in [3.63, 3.8) is 0 Å². The highest BCUT2D eigenvalue weighted by Gasteiger charge is 2.68.